The second kappa shape index (κ2) is 2.76. The Labute approximate surface area is 73.9 Å². The minimum absolute atomic E-state index is 0.404. The molecule has 2 nitrogen and oxygen atoms in total. The van der Waals surface area contributed by atoms with Gasteiger partial charge in [0.15, 0.2) is 0 Å². The zero-order chi connectivity index (χ0) is 9.41. The van der Waals surface area contributed by atoms with E-state index in [9.17, 15) is 5.11 Å². The molecule has 1 rings (SSSR count). The highest BCUT2D eigenvalue weighted by Crippen LogP contribution is 2.34. The summed E-state index contributed by atoms with van der Waals surface area (Å²) in [6.07, 6.45) is 6.39. The summed E-state index contributed by atoms with van der Waals surface area (Å²) in [6, 6.07) is 0. The fraction of sp³-hybridized carbons (Fsp3) is 0.800. The van der Waals surface area contributed by atoms with E-state index in [2.05, 4.69) is 5.92 Å². The Morgan fingerprint density at radius 1 is 1.50 bits per heavy atom. The van der Waals surface area contributed by atoms with E-state index in [4.69, 9.17) is 11.2 Å². The van der Waals surface area contributed by atoms with Crippen molar-refractivity contribution in [3.63, 3.8) is 0 Å². The van der Waals surface area contributed by atoms with Gasteiger partial charge in [-0.15, -0.1) is 6.42 Å². The second-order valence-corrected chi connectivity index (χ2v) is 4.14. The van der Waals surface area contributed by atoms with Crippen LogP contribution in [-0.2, 0) is 4.74 Å². The van der Waals surface area contributed by atoms with Gasteiger partial charge in [-0.1, -0.05) is 5.92 Å². The molecule has 0 radical (unpaired) electrons. The van der Waals surface area contributed by atoms with Crippen LogP contribution in [0.1, 0.15) is 33.6 Å². The maximum Gasteiger partial charge on any atom is 0.126 e. The molecule has 0 aromatic carbocycles. The van der Waals surface area contributed by atoms with E-state index in [0.29, 0.717) is 6.42 Å². The molecule has 68 valence electrons. The highest BCUT2D eigenvalue weighted by atomic mass is 16.5. The molecule has 0 spiro atoms. The Balaban J connectivity index is 2.77. The van der Waals surface area contributed by atoms with Gasteiger partial charge in [-0.2, -0.15) is 0 Å². The van der Waals surface area contributed by atoms with E-state index in [1.165, 1.54) is 0 Å². The third-order valence-electron chi connectivity index (χ3n) is 2.49. The number of rotatable bonds is 0. The van der Waals surface area contributed by atoms with E-state index in [1.807, 2.05) is 20.8 Å². The van der Waals surface area contributed by atoms with Gasteiger partial charge in [0.25, 0.3) is 0 Å². The van der Waals surface area contributed by atoms with Gasteiger partial charge in [0, 0.05) is 0 Å². The molecule has 0 aromatic rings. The predicted molar refractivity (Wildman–Crippen MR) is 47.6 cm³/mol. The number of hydrogen-bond acceptors (Lipinski definition) is 2. The van der Waals surface area contributed by atoms with Crippen LogP contribution in [0.15, 0.2) is 0 Å². The molecule has 1 saturated heterocycles. The fourth-order valence-electron chi connectivity index (χ4n) is 1.56. The van der Waals surface area contributed by atoms with Gasteiger partial charge in [0.2, 0.25) is 0 Å². The Kier molecular flexibility index (Phi) is 2.20. The van der Waals surface area contributed by atoms with Gasteiger partial charge in [0.05, 0.1) is 11.7 Å². The molecule has 1 fully saturated rings. The van der Waals surface area contributed by atoms with Crippen molar-refractivity contribution >= 4 is 0 Å². The largest absolute Gasteiger partial charge is 0.390 e. The Morgan fingerprint density at radius 3 is 2.50 bits per heavy atom. The minimum atomic E-state index is -0.515. The fourth-order valence-corrected chi connectivity index (χ4v) is 1.56. The summed E-state index contributed by atoms with van der Waals surface area (Å²) in [5.41, 5.74) is -1.01. The van der Waals surface area contributed by atoms with Gasteiger partial charge in [-0.25, -0.2) is 0 Å². The van der Waals surface area contributed by atoms with Gasteiger partial charge < -0.3 is 9.84 Å². The molecule has 0 aliphatic carbocycles. The van der Waals surface area contributed by atoms with E-state index in [1.54, 1.807) is 0 Å². The van der Waals surface area contributed by atoms with Crippen LogP contribution in [0, 0.1) is 12.3 Å². The molecule has 0 saturated carbocycles. The SMILES string of the molecule is C#C[C@@]1(C)CC[C@@H](O)C(C)(C)O1. The first-order valence-electron chi connectivity index (χ1n) is 4.26. The highest BCUT2D eigenvalue weighted by Gasteiger charge is 2.41. The summed E-state index contributed by atoms with van der Waals surface area (Å²) in [5.74, 6) is 2.62. The molecule has 2 heteroatoms. The average Bonchev–Trinajstić information content (AvgIpc) is 1.97. The van der Waals surface area contributed by atoms with E-state index in [0.717, 1.165) is 6.42 Å². The first-order valence-corrected chi connectivity index (χ1v) is 4.26. The van der Waals surface area contributed by atoms with Crippen molar-refractivity contribution in [2.45, 2.75) is 50.9 Å². The quantitative estimate of drug-likeness (QED) is 0.553. The first-order chi connectivity index (χ1) is 5.40. The predicted octanol–water partition coefficient (Wildman–Crippen LogP) is 1.33. The summed E-state index contributed by atoms with van der Waals surface area (Å²) >= 11 is 0. The average molecular weight is 168 g/mol. The minimum Gasteiger partial charge on any atom is -0.390 e. The van der Waals surface area contributed by atoms with E-state index >= 15 is 0 Å². The molecule has 1 aliphatic rings. The standard InChI is InChI=1S/C10H16O2/c1-5-10(4)7-6-8(11)9(2,3)12-10/h1,8,11H,6-7H2,2-4H3/t8-,10+/m1/s1. The van der Waals surface area contributed by atoms with E-state index < -0.39 is 17.3 Å². The molecule has 1 N–H and O–H groups in total. The Morgan fingerprint density at radius 2 is 2.08 bits per heavy atom. The zero-order valence-corrected chi connectivity index (χ0v) is 7.92. The number of hydrogen-bond donors (Lipinski definition) is 1. The van der Waals surface area contributed by atoms with Crippen LogP contribution >= 0.6 is 0 Å². The highest BCUT2D eigenvalue weighted by molar-refractivity contribution is 5.10. The van der Waals surface area contributed by atoms with Gasteiger partial charge in [-0.05, 0) is 33.6 Å². The lowest BCUT2D eigenvalue weighted by Gasteiger charge is -2.43. The summed E-state index contributed by atoms with van der Waals surface area (Å²) in [5, 5.41) is 9.57. The molecule has 0 bridgehead atoms. The molecular weight excluding hydrogens is 152 g/mol. The van der Waals surface area contributed by atoms with Crippen molar-refractivity contribution in [2.24, 2.45) is 0 Å². The molecule has 12 heavy (non-hydrogen) atoms. The van der Waals surface area contributed by atoms with Crippen LogP contribution in [0.2, 0.25) is 0 Å². The van der Waals surface area contributed by atoms with E-state index in [-0.39, 0.29) is 0 Å². The van der Waals surface area contributed by atoms with Crippen LogP contribution in [0.4, 0.5) is 0 Å². The number of ether oxygens (including phenoxy) is 1. The van der Waals surface area contributed by atoms with Crippen molar-refractivity contribution in [1.82, 2.24) is 0 Å². The van der Waals surface area contributed by atoms with Crippen LogP contribution in [0.3, 0.4) is 0 Å². The van der Waals surface area contributed by atoms with Crippen LogP contribution < -0.4 is 0 Å². The summed E-state index contributed by atoms with van der Waals surface area (Å²) < 4.78 is 5.64. The van der Waals surface area contributed by atoms with Crippen LogP contribution in [0.5, 0.6) is 0 Å². The van der Waals surface area contributed by atoms with Gasteiger partial charge in [-0.3, -0.25) is 0 Å². The Hall–Kier alpha value is -0.520. The van der Waals surface area contributed by atoms with Crippen molar-refractivity contribution < 1.29 is 9.84 Å². The molecule has 0 unspecified atom stereocenters. The number of aliphatic hydroxyl groups is 1. The lowest BCUT2D eigenvalue weighted by molar-refractivity contribution is -0.191. The summed E-state index contributed by atoms with van der Waals surface area (Å²) in [7, 11) is 0. The lowest BCUT2D eigenvalue weighted by atomic mass is 9.86. The molecular formula is C10H16O2. The van der Waals surface area contributed by atoms with Gasteiger partial charge >= 0.3 is 0 Å². The summed E-state index contributed by atoms with van der Waals surface area (Å²) in [6.45, 7) is 5.62. The maximum absolute atomic E-state index is 9.57. The third kappa shape index (κ3) is 1.63. The molecule has 2 atom stereocenters. The zero-order valence-electron chi connectivity index (χ0n) is 7.92. The molecule has 1 aliphatic heterocycles. The van der Waals surface area contributed by atoms with Crippen LogP contribution in [-0.4, -0.2) is 22.4 Å². The normalized spacial score (nSPS) is 40.4. The summed E-state index contributed by atoms with van der Waals surface area (Å²) in [4.78, 5) is 0. The molecule has 1 heterocycles. The van der Waals surface area contributed by atoms with Gasteiger partial charge in [0.1, 0.15) is 5.60 Å². The topological polar surface area (TPSA) is 29.5 Å². The second-order valence-electron chi connectivity index (χ2n) is 4.14. The smallest absolute Gasteiger partial charge is 0.126 e. The van der Waals surface area contributed by atoms with Crippen LogP contribution in [0.25, 0.3) is 0 Å². The maximum atomic E-state index is 9.57. The first kappa shape index (κ1) is 9.57. The Bertz CT molecular complexity index is 214. The molecule has 0 amide bonds. The number of aliphatic hydroxyl groups excluding tert-OH is 1. The van der Waals surface area contributed by atoms with Crippen molar-refractivity contribution in [1.29, 1.82) is 0 Å². The van der Waals surface area contributed by atoms with Crippen molar-refractivity contribution in [3.05, 3.63) is 0 Å². The van der Waals surface area contributed by atoms with Crippen molar-refractivity contribution in [3.8, 4) is 12.3 Å². The molecule has 0 aromatic heterocycles. The third-order valence-corrected chi connectivity index (χ3v) is 2.49. The van der Waals surface area contributed by atoms with Crippen molar-refractivity contribution in [2.75, 3.05) is 0 Å². The number of terminal acetylenes is 1. The lowest BCUT2D eigenvalue weighted by Crippen LogP contribution is -2.51. The monoisotopic (exact) mass is 168 g/mol.